The van der Waals surface area contributed by atoms with E-state index in [4.69, 9.17) is 10.00 Å². The lowest BCUT2D eigenvalue weighted by Crippen LogP contribution is -2.08. The molecule has 0 amide bonds. The van der Waals surface area contributed by atoms with Gasteiger partial charge in [0.05, 0.1) is 0 Å². The lowest BCUT2D eigenvalue weighted by molar-refractivity contribution is 0.181. The summed E-state index contributed by atoms with van der Waals surface area (Å²) in [6.07, 6.45) is 2.86. The standard InChI is InChI=1S/C10H14N2O/c1-9(5-7-13-2)12-6-3-4-10(12)8-11/h3-4,6,9H,5,7H2,1-2H3. The SMILES string of the molecule is COCCC(C)n1cccc1C#N. The molecule has 70 valence electrons. The Morgan fingerprint density at radius 1 is 1.69 bits per heavy atom. The molecule has 0 aromatic carbocycles. The van der Waals surface area contributed by atoms with Crippen LogP contribution >= 0.6 is 0 Å². The van der Waals surface area contributed by atoms with E-state index in [1.807, 2.05) is 22.9 Å². The van der Waals surface area contributed by atoms with Crippen molar-refractivity contribution in [1.82, 2.24) is 4.57 Å². The van der Waals surface area contributed by atoms with Crippen molar-refractivity contribution in [2.45, 2.75) is 19.4 Å². The fraction of sp³-hybridized carbons (Fsp3) is 0.500. The van der Waals surface area contributed by atoms with Gasteiger partial charge in [0.25, 0.3) is 0 Å². The van der Waals surface area contributed by atoms with Crippen LogP contribution < -0.4 is 0 Å². The maximum Gasteiger partial charge on any atom is 0.120 e. The third-order valence-electron chi connectivity index (χ3n) is 2.11. The maximum atomic E-state index is 8.78. The summed E-state index contributed by atoms with van der Waals surface area (Å²) in [5, 5.41) is 8.78. The number of aromatic nitrogens is 1. The Kier molecular flexibility index (Phi) is 3.53. The molecule has 0 saturated carbocycles. The normalized spacial score (nSPS) is 12.4. The Bertz CT molecular complexity index is 298. The van der Waals surface area contributed by atoms with Crippen molar-refractivity contribution in [1.29, 1.82) is 5.26 Å². The molecule has 3 heteroatoms. The van der Waals surface area contributed by atoms with Crippen LogP contribution in [0.4, 0.5) is 0 Å². The van der Waals surface area contributed by atoms with Crippen LogP contribution in [-0.2, 0) is 4.74 Å². The van der Waals surface area contributed by atoms with Crippen molar-refractivity contribution in [2.75, 3.05) is 13.7 Å². The molecule has 0 aliphatic rings. The molecule has 0 spiro atoms. The van der Waals surface area contributed by atoms with Gasteiger partial charge in [0, 0.05) is 26.0 Å². The van der Waals surface area contributed by atoms with Crippen molar-refractivity contribution in [3.05, 3.63) is 24.0 Å². The highest BCUT2D eigenvalue weighted by Crippen LogP contribution is 2.14. The minimum atomic E-state index is 0.324. The highest BCUT2D eigenvalue weighted by molar-refractivity contribution is 5.22. The Hall–Kier alpha value is -1.27. The lowest BCUT2D eigenvalue weighted by atomic mass is 10.2. The maximum absolute atomic E-state index is 8.78. The molecule has 3 nitrogen and oxygen atoms in total. The third kappa shape index (κ3) is 2.33. The zero-order chi connectivity index (χ0) is 9.68. The van der Waals surface area contributed by atoms with Gasteiger partial charge in [-0.25, -0.2) is 0 Å². The molecule has 1 atom stereocenters. The Morgan fingerprint density at radius 3 is 3.08 bits per heavy atom. The number of hydrogen-bond donors (Lipinski definition) is 0. The molecule has 0 saturated heterocycles. The van der Waals surface area contributed by atoms with E-state index in [1.54, 1.807) is 7.11 Å². The van der Waals surface area contributed by atoms with Crippen LogP contribution in [0.3, 0.4) is 0 Å². The first-order chi connectivity index (χ1) is 6.29. The van der Waals surface area contributed by atoms with E-state index in [0.29, 0.717) is 11.7 Å². The monoisotopic (exact) mass is 178 g/mol. The third-order valence-corrected chi connectivity index (χ3v) is 2.11. The van der Waals surface area contributed by atoms with Gasteiger partial charge in [-0.15, -0.1) is 0 Å². The molecule has 0 aliphatic carbocycles. The second-order valence-corrected chi connectivity index (χ2v) is 3.04. The molecule has 1 unspecified atom stereocenters. The quantitative estimate of drug-likeness (QED) is 0.706. The van der Waals surface area contributed by atoms with Gasteiger partial charge in [-0.3, -0.25) is 0 Å². The van der Waals surface area contributed by atoms with E-state index < -0.39 is 0 Å². The number of ether oxygens (including phenoxy) is 1. The van der Waals surface area contributed by atoms with Crippen LogP contribution in [0.5, 0.6) is 0 Å². The van der Waals surface area contributed by atoms with E-state index in [1.165, 1.54) is 0 Å². The largest absolute Gasteiger partial charge is 0.385 e. The van der Waals surface area contributed by atoms with E-state index in [0.717, 1.165) is 13.0 Å². The van der Waals surface area contributed by atoms with Gasteiger partial charge in [-0.05, 0) is 25.5 Å². The zero-order valence-corrected chi connectivity index (χ0v) is 8.03. The smallest absolute Gasteiger partial charge is 0.120 e. The molecule has 1 heterocycles. The van der Waals surface area contributed by atoms with Gasteiger partial charge in [0.1, 0.15) is 11.8 Å². The average Bonchev–Trinajstić information content (AvgIpc) is 2.61. The van der Waals surface area contributed by atoms with E-state index in [-0.39, 0.29) is 0 Å². The Labute approximate surface area is 78.5 Å². The minimum Gasteiger partial charge on any atom is -0.385 e. The molecule has 0 bridgehead atoms. The molecule has 0 aliphatic heterocycles. The van der Waals surface area contributed by atoms with Crippen molar-refractivity contribution in [3.63, 3.8) is 0 Å². The highest BCUT2D eigenvalue weighted by Gasteiger charge is 2.06. The number of nitrogens with zero attached hydrogens (tertiary/aromatic N) is 2. The van der Waals surface area contributed by atoms with Crippen molar-refractivity contribution >= 4 is 0 Å². The predicted octanol–water partition coefficient (Wildman–Crippen LogP) is 1.96. The molecule has 0 fully saturated rings. The van der Waals surface area contributed by atoms with Gasteiger partial charge in [0.15, 0.2) is 0 Å². The van der Waals surface area contributed by atoms with Gasteiger partial charge < -0.3 is 9.30 Å². The first kappa shape index (κ1) is 9.82. The van der Waals surface area contributed by atoms with E-state index in [9.17, 15) is 0 Å². The minimum absolute atomic E-state index is 0.324. The highest BCUT2D eigenvalue weighted by atomic mass is 16.5. The van der Waals surface area contributed by atoms with Crippen LogP contribution in [0.15, 0.2) is 18.3 Å². The molecular formula is C10H14N2O. The molecule has 1 aromatic rings. The summed E-state index contributed by atoms with van der Waals surface area (Å²) in [4.78, 5) is 0. The first-order valence-electron chi connectivity index (χ1n) is 4.35. The van der Waals surface area contributed by atoms with Crippen LogP contribution in [0.25, 0.3) is 0 Å². The summed E-state index contributed by atoms with van der Waals surface area (Å²) in [6, 6.07) is 6.19. The van der Waals surface area contributed by atoms with Gasteiger partial charge in [-0.2, -0.15) is 5.26 Å². The number of nitriles is 1. The first-order valence-corrected chi connectivity index (χ1v) is 4.35. The van der Waals surface area contributed by atoms with Gasteiger partial charge in [0.2, 0.25) is 0 Å². The summed E-state index contributed by atoms with van der Waals surface area (Å²) < 4.78 is 6.96. The van der Waals surface area contributed by atoms with Crippen LogP contribution in [0, 0.1) is 11.3 Å². The molecule has 0 radical (unpaired) electrons. The molecular weight excluding hydrogens is 164 g/mol. The lowest BCUT2D eigenvalue weighted by Gasteiger charge is -2.13. The topological polar surface area (TPSA) is 38.0 Å². The van der Waals surface area contributed by atoms with E-state index >= 15 is 0 Å². The van der Waals surface area contributed by atoms with Crippen molar-refractivity contribution in [3.8, 4) is 6.07 Å². The second-order valence-electron chi connectivity index (χ2n) is 3.04. The molecule has 1 aromatic heterocycles. The van der Waals surface area contributed by atoms with Crippen molar-refractivity contribution < 1.29 is 4.74 Å². The zero-order valence-electron chi connectivity index (χ0n) is 8.03. The summed E-state index contributed by atoms with van der Waals surface area (Å²) in [5.74, 6) is 0. The Morgan fingerprint density at radius 2 is 2.46 bits per heavy atom. The summed E-state index contributed by atoms with van der Waals surface area (Å²) in [6.45, 7) is 2.81. The van der Waals surface area contributed by atoms with Crippen LogP contribution in [0.2, 0.25) is 0 Å². The molecule has 1 rings (SSSR count). The summed E-state index contributed by atoms with van der Waals surface area (Å²) >= 11 is 0. The fourth-order valence-corrected chi connectivity index (χ4v) is 1.30. The van der Waals surface area contributed by atoms with Gasteiger partial charge in [-0.1, -0.05) is 0 Å². The molecule has 13 heavy (non-hydrogen) atoms. The average molecular weight is 178 g/mol. The fourth-order valence-electron chi connectivity index (χ4n) is 1.30. The number of rotatable bonds is 4. The van der Waals surface area contributed by atoms with Gasteiger partial charge >= 0.3 is 0 Å². The molecule has 0 N–H and O–H groups in total. The Balaban J connectivity index is 2.66. The van der Waals surface area contributed by atoms with Crippen LogP contribution in [-0.4, -0.2) is 18.3 Å². The summed E-state index contributed by atoms with van der Waals surface area (Å²) in [5.41, 5.74) is 0.712. The number of hydrogen-bond acceptors (Lipinski definition) is 2. The second kappa shape index (κ2) is 4.68. The van der Waals surface area contributed by atoms with Crippen molar-refractivity contribution in [2.24, 2.45) is 0 Å². The van der Waals surface area contributed by atoms with E-state index in [2.05, 4.69) is 13.0 Å². The van der Waals surface area contributed by atoms with Crippen LogP contribution in [0.1, 0.15) is 25.1 Å². The summed E-state index contributed by atoms with van der Waals surface area (Å²) in [7, 11) is 1.69. The number of methoxy groups -OCH3 is 1. The predicted molar refractivity (Wildman–Crippen MR) is 50.4 cm³/mol.